The van der Waals surface area contributed by atoms with Gasteiger partial charge < -0.3 is 25.2 Å². The Morgan fingerprint density at radius 3 is 2.09 bits per heavy atom. The Bertz CT molecular complexity index is 154. The molecule has 0 aromatic carbocycles. The molecular weight excluding hydrogens is 154 g/mol. The summed E-state index contributed by atoms with van der Waals surface area (Å²) in [6.45, 7) is -0.664. The standard InChI is InChI=1S/C5H11NO5/c6-5(1-7)3(9)2(8)4(10)11-5/h2-4,7-10H,1,6H2/t2-,3+,4?,5-/m1/s1. The van der Waals surface area contributed by atoms with E-state index in [1.54, 1.807) is 0 Å². The number of rotatable bonds is 1. The lowest BCUT2D eigenvalue weighted by molar-refractivity contribution is -0.172. The van der Waals surface area contributed by atoms with E-state index in [0.717, 1.165) is 0 Å². The third-order valence-electron chi connectivity index (χ3n) is 1.70. The van der Waals surface area contributed by atoms with Crippen LogP contribution >= 0.6 is 0 Å². The van der Waals surface area contributed by atoms with Gasteiger partial charge in [0.05, 0.1) is 6.61 Å². The van der Waals surface area contributed by atoms with Gasteiger partial charge in [-0.05, 0) is 0 Å². The SMILES string of the molecule is N[C@]1(CO)OC(O)[C@H](O)[C@@H]1O. The van der Waals surface area contributed by atoms with E-state index in [9.17, 15) is 0 Å². The van der Waals surface area contributed by atoms with Crippen LogP contribution in [0.25, 0.3) is 0 Å². The van der Waals surface area contributed by atoms with E-state index < -0.39 is 30.8 Å². The smallest absolute Gasteiger partial charge is 0.186 e. The Kier molecular flexibility index (Phi) is 2.15. The second-order valence-corrected chi connectivity index (χ2v) is 2.56. The van der Waals surface area contributed by atoms with Crippen LogP contribution in [0.3, 0.4) is 0 Å². The average molecular weight is 165 g/mol. The van der Waals surface area contributed by atoms with E-state index >= 15 is 0 Å². The Balaban J connectivity index is 2.73. The van der Waals surface area contributed by atoms with Crippen molar-refractivity contribution in [1.82, 2.24) is 0 Å². The number of ether oxygens (including phenoxy) is 1. The molecule has 11 heavy (non-hydrogen) atoms. The molecule has 0 aliphatic carbocycles. The molecule has 0 radical (unpaired) electrons. The van der Waals surface area contributed by atoms with Gasteiger partial charge in [-0.2, -0.15) is 0 Å². The van der Waals surface area contributed by atoms with E-state index in [2.05, 4.69) is 4.74 Å². The summed E-state index contributed by atoms with van der Waals surface area (Å²) >= 11 is 0. The summed E-state index contributed by atoms with van der Waals surface area (Å²) in [5, 5.41) is 35.4. The first-order chi connectivity index (χ1) is 5.01. The summed E-state index contributed by atoms with van der Waals surface area (Å²) in [4.78, 5) is 0. The lowest BCUT2D eigenvalue weighted by Gasteiger charge is -2.23. The predicted molar refractivity (Wildman–Crippen MR) is 33.1 cm³/mol. The van der Waals surface area contributed by atoms with Crippen LogP contribution in [0.5, 0.6) is 0 Å². The Morgan fingerprint density at radius 2 is 1.91 bits per heavy atom. The summed E-state index contributed by atoms with van der Waals surface area (Å²) in [6.07, 6.45) is -4.48. The third kappa shape index (κ3) is 1.24. The van der Waals surface area contributed by atoms with Crippen molar-refractivity contribution in [2.75, 3.05) is 6.61 Å². The quantitative estimate of drug-likeness (QED) is 0.278. The molecule has 0 spiro atoms. The molecule has 1 aliphatic rings. The van der Waals surface area contributed by atoms with E-state index in [1.165, 1.54) is 0 Å². The minimum atomic E-state index is -1.75. The van der Waals surface area contributed by atoms with E-state index in [4.69, 9.17) is 26.2 Å². The normalized spacial score (nSPS) is 51.5. The second-order valence-electron chi connectivity index (χ2n) is 2.56. The topological polar surface area (TPSA) is 116 Å². The molecular formula is C5H11NO5. The maximum atomic E-state index is 9.07. The third-order valence-corrected chi connectivity index (χ3v) is 1.70. The minimum Gasteiger partial charge on any atom is -0.392 e. The van der Waals surface area contributed by atoms with Gasteiger partial charge in [-0.15, -0.1) is 0 Å². The molecule has 1 heterocycles. The highest BCUT2D eigenvalue weighted by Gasteiger charge is 2.51. The highest BCUT2D eigenvalue weighted by Crippen LogP contribution is 2.24. The molecule has 6 nitrogen and oxygen atoms in total. The summed E-state index contributed by atoms with van der Waals surface area (Å²) in [5.74, 6) is 0. The van der Waals surface area contributed by atoms with Crippen molar-refractivity contribution < 1.29 is 25.2 Å². The number of hydrogen-bond donors (Lipinski definition) is 5. The summed E-state index contributed by atoms with van der Waals surface area (Å²) in [7, 11) is 0. The number of nitrogens with two attached hydrogens (primary N) is 1. The largest absolute Gasteiger partial charge is 0.392 e. The van der Waals surface area contributed by atoms with Crippen molar-refractivity contribution in [3.63, 3.8) is 0 Å². The van der Waals surface area contributed by atoms with Gasteiger partial charge in [0.2, 0.25) is 0 Å². The second kappa shape index (κ2) is 2.67. The summed E-state index contributed by atoms with van der Waals surface area (Å²) in [5.41, 5.74) is 3.49. The number of hydrogen-bond acceptors (Lipinski definition) is 6. The molecule has 1 saturated heterocycles. The molecule has 1 fully saturated rings. The van der Waals surface area contributed by atoms with E-state index in [0.29, 0.717) is 0 Å². The molecule has 66 valence electrons. The van der Waals surface area contributed by atoms with Crippen LogP contribution < -0.4 is 5.73 Å². The van der Waals surface area contributed by atoms with Crippen molar-refractivity contribution in [2.45, 2.75) is 24.2 Å². The molecule has 6 N–H and O–H groups in total. The van der Waals surface area contributed by atoms with Crippen LogP contribution in [0, 0.1) is 0 Å². The van der Waals surface area contributed by atoms with Crippen LogP contribution in [-0.4, -0.2) is 51.3 Å². The van der Waals surface area contributed by atoms with Gasteiger partial charge in [-0.25, -0.2) is 0 Å². The molecule has 0 aromatic rings. The molecule has 6 heteroatoms. The van der Waals surface area contributed by atoms with Crippen LogP contribution in [-0.2, 0) is 4.74 Å². The fourth-order valence-electron chi connectivity index (χ4n) is 0.940. The minimum absolute atomic E-state index is 0.664. The first-order valence-electron chi connectivity index (χ1n) is 3.13. The first kappa shape index (κ1) is 8.85. The Labute approximate surface area is 62.8 Å². The molecule has 4 atom stereocenters. The van der Waals surface area contributed by atoms with Crippen molar-refractivity contribution in [3.05, 3.63) is 0 Å². The lowest BCUT2D eigenvalue weighted by atomic mass is 10.1. The highest BCUT2D eigenvalue weighted by atomic mass is 16.7. The van der Waals surface area contributed by atoms with Crippen molar-refractivity contribution in [1.29, 1.82) is 0 Å². The maximum absolute atomic E-state index is 9.07. The van der Waals surface area contributed by atoms with Crippen molar-refractivity contribution in [3.8, 4) is 0 Å². The maximum Gasteiger partial charge on any atom is 0.186 e. The Hall–Kier alpha value is -0.240. The van der Waals surface area contributed by atoms with Gasteiger partial charge in [0.25, 0.3) is 0 Å². The molecule has 1 rings (SSSR count). The highest BCUT2D eigenvalue weighted by molar-refractivity contribution is 4.94. The average Bonchev–Trinajstić information content (AvgIpc) is 2.17. The van der Waals surface area contributed by atoms with Crippen molar-refractivity contribution >= 4 is 0 Å². The Morgan fingerprint density at radius 1 is 1.36 bits per heavy atom. The zero-order chi connectivity index (χ0) is 8.65. The van der Waals surface area contributed by atoms with Crippen LogP contribution in [0.4, 0.5) is 0 Å². The molecule has 1 aliphatic heterocycles. The summed E-state index contributed by atoms with van der Waals surface area (Å²) < 4.78 is 4.51. The van der Waals surface area contributed by atoms with E-state index in [-0.39, 0.29) is 0 Å². The first-order valence-corrected chi connectivity index (χ1v) is 3.13. The lowest BCUT2D eigenvalue weighted by Crippen LogP contribution is -2.54. The molecule has 0 amide bonds. The molecule has 0 aromatic heterocycles. The van der Waals surface area contributed by atoms with Crippen LogP contribution in [0.1, 0.15) is 0 Å². The van der Waals surface area contributed by atoms with Gasteiger partial charge in [-0.1, -0.05) is 0 Å². The predicted octanol–water partition coefficient (Wildman–Crippen LogP) is -3.30. The van der Waals surface area contributed by atoms with Gasteiger partial charge in [0, 0.05) is 0 Å². The van der Waals surface area contributed by atoms with Crippen molar-refractivity contribution in [2.24, 2.45) is 5.73 Å². The fraction of sp³-hybridized carbons (Fsp3) is 1.00. The van der Waals surface area contributed by atoms with Crippen LogP contribution in [0.2, 0.25) is 0 Å². The van der Waals surface area contributed by atoms with Gasteiger partial charge in [0.1, 0.15) is 12.2 Å². The van der Waals surface area contributed by atoms with Gasteiger partial charge in [-0.3, -0.25) is 5.73 Å². The zero-order valence-electron chi connectivity index (χ0n) is 5.71. The molecule has 0 bridgehead atoms. The van der Waals surface area contributed by atoms with E-state index in [1.807, 2.05) is 0 Å². The molecule has 1 unspecified atom stereocenters. The fourth-order valence-corrected chi connectivity index (χ4v) is 0.940. The van der Waals surface area contributed by atoms with Gasteiger partial charge >= 0.3 is 0 Å². The number of aliphatic hydroxyl groups excluding tert-OH is 4. The van der Waals surface area contributed by atoms with Crippen LogP contribution in [0.15, 0.2) is 0 Å². The van der Waals surface area contributed by atoms with Gasteiger partial charge in [0.15, 0.2) is 12.0 Å². The monoisotopic (exact) mass is 165 g/mol. The number of aliphatic hydroxyl groups is 4. The summed E-state index contributed by atoms with van der Waals surface area (Å²) in [6, 6.07) is 0. The molecule has 0 saturated carbocycles. The zero-order valence-corrected chi connectivity index (χ0v) is 5.71.